The van der Waals surface area contributed by atoms with Crippen LogP contribution in [-0.4, -0.2) is 11.7 Å². The molecule has 0 spiro atoms. The molecule has 1 rings (SSSR count). The van der Waals surface area contributed by atoms with Crippen molar-refractivity contribution in [2.24, 2.45) is 11.3 Å². The highest BCUT2D eigenvalue weighted by molar-refractivity contribution is 5.11. The van der Waals surface area contributed by atoms with E-state index in [1.807, 2.05) is 0 Å². The number of rotatable bonds is 4. The van der Waals surface area contributed by atoms with Crippen LogP contribution in [0.15, 0.2) is 23.3 Å². The topological polar surface area (TPSA) is 20.2 Å². The summed E-state index contributed by atoms with van der Waals surface area (Å²) in [4.78, 5) is 0. The zero-order valence-electron chi connectivity index (χ0n) is 11.2. The van der Waals surface area contributed by atoms with Gasteiger partial charge >= 0.3 is 0 Å². The minimum atomic E-state index is 0.292. The van der Waals surface area contributed by atoms with Gasteiger partial charge in [-0.05, 0) is 51.9 Å². The SMILES string of the molecule is CC(C)=CCC[C@]1(C)CCC(C)=C[C@H]1CO. The van der Waals surface area contributed by atoms with Crippen LogP contribution in [0.5, 0.6) is 0 Å². The number of aliphatic hydroxyl groups is 1. The first kappa shape index (κ1) is 13.5. The Morgan fingerprint density at radius 3 is 2.81 bits per heavy atom. The van der Waals surface area contributed by atoms with Gasteiger partial charge in [-0.25, -0.2) is 0 Å². The van der Waals surface area contributed by atoms with Gasteiger partial charge in [0.15, 0.2) is 0 Å². The third-order valence-corrected chi connectivity index (χ3v) is 3.94. The summed E-state index contributed by atoms with van der Waals surface area (Å²) in [6.45, 7) is 9.10. The smallest absolute Gasteiger partial charge is 0.0499 e. The molecule has 2 atom stereocenters. The third-order valence-electron chi connectivity index (χ3n) is 3.94. The van der Waals surface area contributed by atoms with E-state index in [-0.39, 0.29) is 0 Å². The van der Waals surface area contributed by atoms with Crippen LogP contribution in [-0.2, 0) is 0 Å². The van der Waals surface area contributed by atoms with E-state index in [9.17, 15) is 5.11 Å². The highest BCUT2D eigenvalue weighted by Gasteiger charge is 2.34. The molecule has 0 aromatic rings. The fraction of sp³-hybridized carbons (Fsp3) is 0.733. The Hall–Kier alpha value is -0.560. The molecule has 0 heterocycles. The molecule has 1 aliphatic rings. The van der Waals surface area contributed by atoms with Crippen molar-refractivity contribution in [2.75, 3.05) is 6.61 Å². The van der Waals surface area contributed by atoms with Crippen molar-refractivity contribution in [3.8, 4) is 0 Å². The van der Waals surface area contributed by atoms with Crippen LogP contribution < -0.4 is 0 Å². The molecule has 0 radical (unpaired) electrons. The van der Waals surface area contributed by atoms with Gasteiger partial charge in [-0.1, -0.05) is 30.2 Å². The molecule has 16 heavy (non-hydrogen) atoms. The molecule has 1 nitrogen and oxygen atoms in total. The van der Waals surface area contributed by atoms with Crippen LogP contribution in [0, 0.1) is 11.3 Å². The van der Waals surface area contributed by atoms with E-state index in [0.717, 1.165) is 6.42 Å². The summed E-state index contributed by atoms with van der Waals surface area (Å²) in [6, 6.07) is 0. The zero-order chi connectivity index (χ0) is 12.2. The molecule has 92 valence electrons. The Balaban J connectivity index is 2.64. The number of aliphatic hydroxyl groups excluding tert-OH is 1. The summed E-state index contributed by atoms with van der Waals surface area (Å²) >= 11 is 0. The molecular formula is C15H26O. The molecule has 0 bridgehead atoms. The van der Waals surface area contributed by atoms with Gasteiger partial charge in [0.25, 0.3) is 0 Å². The van der Waals surface area contributed by atoms with Crippen molar-refractivity contribution in [1.29, 1.82) is 0 Å². The van der Waals surface area contributed by atoms with Crippen molar-refractivity contribution in [3.63, 3.8) is 0 Å². The average molecular weight is 222 g/mol. The quantitative estimate of drug-likeness (QED) is 0.710. The second-order valence-corrected chi connectivity index (χ2v) is 5.78. The van der Waals surface area contributed by atoms with Crippen LogP contribution in [0.1, 0.15) is 53.4 Å². The first-order valence-corrected chi connectivity index (χ1v) is 6.39. The normalized spacial score (nSPS) is 29.8. The summed E-state index contributed by atoms with van der Waals surface area (Å²) in [5.74, 6) is 0.354. The molecule has 0 aromatic carbocycles. The van der Waals surface area contributed by atoms with E-state index in [1.54, 1.807) is 0 Å². The summed E-state index contributed by atoms with van der Waals surface area (Å²) in [6.07, 6.45) is 9.34. The minimum absolute atomic E-state index is 0.292. The monoisotopic (exact) mass is 222 g/mol. The first-order chi connectivity index (χ1) is 7.48. The highest BCUT2D eigenvalue weighted by atomic mass is 16.3. The van der Waals surface area contributed by atoms with E-state index >= 15 is 0 Å². The fourth-order valence-corrected chi connectivity index (χ4v) is 2.57. The summed E-state index contributed by atoms with van der Waals surface area (Å²) in [5, 5.41) is 9.49. The van der Waals surface area contributed by atoms with Crippen molar-refractivity contribution < 1.29 is 5.11 Å². The van der Waals surface area contributed by atoms with Crippen LogP contribution in [0.2, 0.25) is 0 Å². The molecular weight excluding hydrogens is 196 g/mol. The van der Waals surface area contributed by atoms with Gasteiger partial charge in [0.2, 0.25) is 0 Å². The van der Waals surface area contributed by atoms with Crippen LogP contribution >= 0.6 is 0 Å². The van der Waals surface area contributed by atoms with Crippen molar-refractivity contribution in [2.45, 2.75) is 53.4 Å². The first-order valence-electron chi connectivity index (χ1n) is 6.39. The van der Waals surface area contributed by atoms with E-state index in [1.165, 1.54) is 30.4 Å². The lowest BCUT2D eigenvalue weighted by molar-refractivity contribution is 0.110. The molecule has 1 heteroatoms. The van der Waals surface area contributed by atoms with Gasteiger partial charge in [0, 0.05) is 12.5 Å². The average Bonchev–Trinajstić information content (AvgIpc) is 2.21. The second-order valence-electron chi connectivity index (χ2n) is 5.78. The number of allylic oxidation sites excluding steroid dienone is 3. The predicted octanol–water partition coefficient (Wildman–Crippen LogP) is 4.09. The fourth-order valence-electron chi connectivity index (χ4n) is 2.57. The number of hydrogen-bond donors (Lipinski definition) is 1. The summed E-state index contributed by atoms with van der Waals surface area (Å²) in [7, 11) is 0. The van der Waals surface area contributed by atoms with Crippen LogP contribution in [0.3, 0.4) is 0 Å². The standard InChI is InChI=1S/C15H26O/c1-12(2)6-5-8-15(4)9-7-13(3)10-14(15)11-16/h6,10,14,16H,5,7-9,11H2,1-4H3/t14-,15+/m0/s1. The lowest BCUT2D eigenvalue weighted by Crippen LogP contribution is -2.31. The van der Waals surface area contributed by atoms with E-state index in [2.05, 4.69) is 39.8 Å². The Bertz CT molecular complexity index is 284. The van der Waals surface area contributed by atoms with Crippen LogP contribution in [0.25, 0.3) is 0 Å². The molecule has 0 amide bonds. The predicted molar refractivity (Wildman–Crippen MR) is 70.3 cm³/mol. The van der Waals surface area contributed by atoms with Crippen molar-refractivity contribution in [3.05, 3.63) is 23.3 Å². The molecule has 1 N–H and O–H groups in total. The lowest BCUT2D eigenvalue weighted by atomic mass is 9.67. The molecule has 0 aliphatic heterocycles. The van der Waals surface area contributed by atoms with Gasteiger partial charge < -0.3 is 5.11 Å². The molecule has 0 saturated carbocycles. The maximum Gasteiger partial charge on any atom is 0.0499 e. The molecule has 0 unspecified atom stereocenters. The number of hydrogen-bond acceptors (Lipinski definition) is 1. The van der Waals surface area contributed by atoms with Gasteiger partial charge in [-0.2, -0.15) is 0 Å². The third kappa shape index (κ3) is 3.48. The van der Waals surface area contributed by atoms with Gasteiger partial charge in [-0.15, -0.1) is 0 Å². The Labute approximate surface area is 100 Å². The summed E-state index contributed by atoms with van der Waals surface area (Å²) < 4.78 is 0. The Morgan fingerprint density at radius 1 is 1.56 bits per heavy atom. The Morgan fingerprint density at radius 2 is 2.25 bits per heavy atom. The zero-order valence-corrected chi connectivity index (χ0v) is 11.2. The van der Waals surface area contributed by atoms with E-state index in [0.29, 0.717) is 17.9 Å². The van der Waals surface area contributed by atoms with E-state index in [4.69, 9.17) is 0 Å². The lowest BCUT2D eigenvalue weighted by Gasteiger charge is -2.39. The molecule has 0 aromatic heterocycles. The largest absolute Gasteiger partial charge is 0.396 e. The van der Waals surface area contributed by atoms with E-state index < -0.39 is 0 Å². The molecule has 0 fully saturated rings. The minimum Gasteiger partial charge on any atom is -0.396 e. The van der Waals surface area contributed by atoms with Gasteiger partial charge in [-0.3, -0.25) is 0 Å². The molecule has 0 saturated heterocycles. The Kier molecular flexibility index (Phi) is 4.79. The van der Waals surface area contributed by atoms with Crippen molar-refractivity contribution in [1.82, 2.24) is 0 Å². The summed E-state index contributed by atoms with van der Waals surface area (Å²) in [5.41, 5.74) is 3.13. The van der Waals surface area contributed by atoms with Gasteiger partial charge in [0.1, 0.15) is 0 Å². The maximum absolute atomic E-state index is 9.49. The van der Waals surface area contributed by atoms with Crippen LogP contribution in [0.4, 0.5) is 0 Å². The molecule has 1 aliphatic carbocycles. The van der Waals surface area contributed by atoms with Crippen molar-refractivity contribution >= 4 is 0 Å². The highest BCUT2D eigenvalue weighted by Crippen LogP contribution is 2.43. The second kappa shape index (κ2) is 5.67. The van der Waals surface area contributed by atoms with Gasteiger partial charge in [0.05, 0.1) is 0 Å². The maximum atomic E-state index is 9.49.